The average molecular weight is 357 g/mol. The van der Waals surface area contributed by atoms with Gasteiger partial charge in [-0.25, -0.2) is 0 Å². The Balaban J connectivity index is 1.43. The maximum Gasteiger partial charge on any atom is 0.237 e. The molecule has 1 N–H and O–H groups in total. The van der Waals surface area contributed by atoms with E-state index in [0.29, 0.717) is 18.9 Å². The number of amides is 2. The summed E-state index contributed by atoms with van der Waals surface area (Å²) >= 11 is 0. The molecule has 2 unspecified atom stereocenters. The molecule has 3 rings (SSSR count). The van der Waals surface area contributed by atoms with Crippen LogP contribution in [0.15, 0.2) is 30.3 Å². The standard InChI is InChI=1S/C21H31N3O2/c1-16(21(26)22-19-8-9-20(25)23(2)15-19)24-12-10-18(11-13-24)14-17-6-4-3-5-7-17/h3-7,16,18-19H,8-15H2,1-2H3,(H,22,26). The molecule has 2 atom stereocenters. The van der Waals surface area contributed by atoms with Crippen molar-refractivity contribution in [2.75, 3.05) is 26.7 Å². The molecule has 142 valence electrons. The number of carbonyl (C=O) groups excluding carboxylic acids is 2. The van der Waals surface area contributed by atoms with Gasteiger partial charge in [0.25, 0.3) is 0 Å². The summed E-state index contributed by atoms with van der Waals surface area (Å²) in [6.07, 6.45) is 4.71. The lowest BCUT2D eigenvalue weighted by atomic mass is 9.89. The molecule has 1 aromatic carbocycles. The zero-order valence-corrected chi connectivity index (χ0v) is 16.0. The topological polar surface area (TPSA) is 52.7 Å². The van der Waals surface area contributed by atoms with Gasteiger partial charge in [-0.2, -0.15) is 0 Å². The van der Waals surface area contributed by atoms with Crippen molar-refractivity contribution < 1.29 is 9.59 Å². The Bertz CT molecular complexity index is 611. The van der Waals surface area contributed by atoms with Crippen LogP contribution in [-0.4, -0.2) is 60.4 Å². The molecule has 0 aliphatic carbocycles. The summed E-state index contributed by atoms with van der Waals surface area (Å²) in [7, 11) is 1.81. The van der Waals surface area contributed by atoms with Crippen molar-refractivity contribution in [2.24, 2.45) is 5.92 Å². The smallest absolute Gasteiger partial charge is 0.237 e. The summed E-state index contributed by atoms with van der Waals surface area (Å²) in [4.78, 5) is 28.2. The number of hydrogen-bond donors (Lipinski definition) is 1. The van der Waals surface area contributed by atoms with Crippen molar-refractivity contribution in [3.63, 3.8) is 0 Å². The first-order valence-electron chi connectivity index (χ1n) is 9.85. The fourth-order valence-corrected chi connectivity index (χ4v) is 4.11. The van der Waals surface area contributed by atoms with E-state index in [9.17, 15) is 9.59 Å². The van der Waals surface area contributed by atoms with Crippen LogP contribution >= 0.6 is 0 Å². The van der Waals surface area contributed by atoms with Crippen LogP contribution in [0.25, 0.3) is 0 Å². The Morgan fingerprint density at radius 1 is 1.19 bits per heavy atom. The number of likely N-dealkylation sites (tertiary alicyclic amines) is 2. The molecule has 0 spiro atoms. The first-order chi connectivity index (χ1) is 12.5. The van der Waals surface area contributed by atoms with E-state index in [4.69, 9.17) is 0 Å². The monoisotopic (exact) mass is 357 g/mol. The van der Waals surface area contributed by atoms with Gasteiger partial charge in [0.1, 0.15) is 0 Å². The predicted octanol–water partition coefficient (Wildman–Crippen LogP) is 2.07. The molecule has 2 amide bonds. The lowest BCUT2D eigenvalue weighted by molar-refractivity contribution is -0.135. The minimum atomic E-state index is -0.101. The Kier molecular flexibility index (Phi) is 6.30. The van der Waals surface area contributed by atoms with Gasteiger partial charge in [-0.05, 0) is 57.2 Å². The second-order valence-corrected chi connectivity index (χ2v) is 7.86. The minimum Gasteiger partial charge on any atom is -0.350 e. The van der Waals surface area contributed by atoms with Crippen molar-refractivity contribution in [1.82, 2.24) is 15.1 Å². The van der Waals surface area contributed by atoms with Crippen molar-refractivity contribution in [1.29, 1.82) is 0 Å². The maximum absolute atomic E-state index is 12.6. The first kappa shape index (κ1) is 18.9. The van der Waals surface area contributed by atoms with Gasteiger partial charge < -0.3 is 10.2 Å². The molecule has 5 nitrogen and oxygen atoms in total. The molecule has 1 aromatic rings. The van der Waals surface area contributed by atoms with Crippen molar-refractivity contribution in [3.8, 4) is 0 Å². The van der Waals surface area contributed by atoms with E-state index >= 15 is 0 Å². The SMILES string of the molecule is CC(C(=O)NC1CCC(=O)N(C)C1)N1CCC(Cc2ccccc2)CC1. The Morgan fingerprint density at radius 3 is 2.54 bits per heavy atom. The Labute approximate surface area is 156 Å². The second kappa shape index (κ2) is 8.67. The summed E-state index contributed by atoms with van der Waals surface area (Å²) in [5, 5.41) is 3.14. The second-order valence-electron chi connectivity index (χ2n) is 7.86. The normalized spacial score (nSPS) is 23.7. The molecule has 2 aliphatic heterocycles. The molecule has 0 saturated carbocycles. The highest BCUT2D eigenvalue weighted by Gasteiger charge is 2.29. The van der Waals surface area contributed by atoms with E-state index in [-0.39, 0.29) is 23.9 Å². The third-order valence-corrected chi connectivity index (χ3v) is 5.92. The number of benzene rings is 1. The molecule has 0 bridgehead atoms. The van der Waals surface area contributed by atoms with E-state index in [0.717, 1.165) is 38.8 Å². The van der Waals surface area contributed by atoms with Gasteiger partial charge in [-0.3, -0.25) is 14.5 Å². The van der Waals surface area contributed by atoms with Crippen LogP contribution in [0.5, 0.6) is 0 Å². The van der Waals surface area contributed by atoms with Gasteiger partial charge >= 0.3 is 0 Å². The summed E-state index contributed by atoms with van der Waals surface area (Å²) in [5.74, 6) is 0.977. The number of rotatable bonds is 5. The summed E-state index contributed by atoms with van der Waals surface area (Å²) < 4.78 is 0. The molecule has 26 heavy (non-hydrogen) atoms. The predicted molar refractivity (Wildman–Crippen MR) is 103 cm³/mol. The van der Waals surface area contributed by atoms with E-state index in [2.05, 4.69) is 40.5 Å². The summed E-state index contributed by atoms with van der Waals surface area (Å²) in [6.45, 7) is 4.59. The molecule has 0 radical (unpaired) electrons. The van der Waals surface area contributed by atoms with E-state index in [1.165, 1.54) is 5.56 Å². The zero-order chi connectivity index (χ0) is 18.5. The number of nitrogens with one attached hydrogen (secondary N) is 1. The number of nitrogens with zero attached hydrogens (tertiary/aromatic N) is 2. The van der Waals surface area contributed by atoms with Gasteiger partial charge in [-0.1, -0.05) is 30.3 Å². The van der Waals surface area contributed by atoms with Gasteiger partial charge in [0, 0.05) is 26.1 Å². The highest BCUT2D eigenvalue weighted by atomic mass is 16.2. The van der Waals surface area contributed by atoms with Gasteiger partial charge in [0.2, 0.25) is 11.8 Å². The number of carbonyl (C=O) groups is 2. The Morgan fingerprint density at radius 2 is 1.88 bits per heavy atom. The quantitative estimate of drug-likeness (QED) is 0.878. The highest BCUT2D eigenvalue weighted by molar-refractivity contribution is 5.82. The van der Waals surface area contributed by atoms with Crippen LogP contribution in [-0.2, 0) is 16.0 Å². The van der Waals surface area contributed by atoms with Crippen LogP contribution in [0.4, 0.5) is 0 Å². The lowest BCUT2D eigenvalue weighted by Gasteiger charge is -2.37. The third-order valence-electron chi connectivity index (χ3n) is 5.92. The van der Waals surface area contributed by atoms with Crippen molar-refractivity contribution >= 4 is 11.8 Å². The van der Waals surface area contributed by atoms with Crippen molar-refractivity contribution in [3.05, 3.63) is 35.9 Å². The number of piperidine rings is 2. The van der Waals surface area contributed by atoms with E-state index < -0.39 is 0 Å². The van der Waals surface area contributed by atoms with Crippen LogP contribution in [0.3, 0.4) is 0 Å². The molecule has 2 saturated heterocycles. The van der Waals surface area contributed by atoms with Gasteiger partial charge in [0.15, 0.2) is 0 Å². The molecule has 2 heterocycles. The van der Waals surface area contributed by atoms with Gasteiger partial charge in [0.05, 0.1) is 6.04 Å². The summed E-state index contributed by atoms with van der Waals surface area (Å²) in [6, 6.07) is 10.7. The molecule has 2 fully saturated rings. The number of hydrogen-bond acceptors (Lipinski definition) is 3. The highest BCUT2D eigenvalue weighted by Crippen LogP contribution is 2.23. The first-order valence-corrected chi connectivity index (χ1v) is 9.85. The fraction of sp³-hybridized carbons (Fsp3) is 0.619. The maximum atomic E-state index is 12.6. The minimum absolute atomic E-state index is 0.0864. The Hall–Kier alpha value is -1.88. The van der Waals surface area contributed by atoms with Crippen molar-refractivity contribution in [2.45, 2.75) is 51.1 Å². The molecule has 0 aromatic heterocycles. The van der Waals surface area contributed by atoms with E-state index in [1.54, 1.807) is 4.90 Å². The van der Waals surface area contributed by atoms with Crippen LogP contribution < -0.4 is 5.32 Å². The molecule has 5 heteroatoms. The molecule has 2 aliphatic rings. The molecular weight excluding hydrogens is 326 g/mol. The van der Waals surface area contributed by atoms with Crippen LogP contribution in [0, 0.1) is 5.92 Å². The average Bonchev–Trinajstić information content (AvgIpc) is 2.65. The number of likely N-dealkylation sites (N-methyl/N-ethyl adjacent to an activating group) is 1. The lowest BCUT2D eigenvalue weighted by Crippen LogP contribution is -2.54. The molecular formula is C21H31N3O2. The van der Waals surface area contributed by atoms with Crippen LogP contribution in [0.1, 0.15) is 38.2 Å². The zero-order valence-electron chi connectivity index (χ0n) is 16.0. The summed E-state index contributed by atoms with van der Waals surface area (Å²) in [5.41, 5.74) is 1.41. The fourth-order valence-electron chi connectivity index (χ4n) is 4.11. The van der Waals surface area contributed by atoms with E-state index in [1.807, 2.05) is 14.0 Å². The van der Waals surface area contributed by atoms with Crippen LogP contribution in [0.2, 0.25) is 0 Å². The largest absolute Gasteiger partial charge is 0.350 e. The van der Waals surface area contributed by atoms with Gasteiger partial charge in [-0.15, -0.1) is 0 Å². The third kappa shape index (κ3) is 4.85.